The van der Waals surface area contributed by atoms with Crippen molar-refractivity contribution >= 4 is 255 Å². The molecule has 0 aliphatic heterocycles. The highest BCUT2D eigenvalue weighted by Crippen LogP contribution is 2.51. The smallest absolute Gasteiger partial charge is 0.236 e. The van der Waals surface area contributed by atoms with Gasteiger partial charge in [0.2, 0.25) is 9.32 Å². The van der Waals surface area contributed by atoms with Gasteiger partial charge < -0.3 is 19.7 Å². The van der Waals surface area contributed by atoms with E-state index in [1.165, 1.54) is 0 Å². The average molecular weight is 1580 g/mol. The molecule has 39 heavy (non-hydrogen) atoms. The highest BCUT2D eigenvalue weighted by molar-refractivity contribution is 9.41. The van der Waals surface area contributed by atoms with Crippen molar-refractivity contribution in [2.75, 3.05) is 0 Å². The molecule has 0 radical (unpaired) electrons. The predicted octanol–water partition coefficient (Wildman–Crippen LogP) is 15.7. The number of hydrogen-bond donors (Lipinski definition) is 2. The van der Waals surface area contributed by atoms with E-state index in [0.29, 0.717) is 8.95 Å². The third-order valence-corrected chi connectivity index (χ3v) is 10.1. The zero-order chi connectivity index (χ0) is 31.4. The van der Waals surface area contributed by atoms with Crippen molar-refractivity contribution in [3.05, 3.63) is 53.3 Å². The topological polar surface area (TPSA) is 58.9 Å². The van der Waals surface area contributed by atoms with Gasteiger partial charge in [0.1, 0.15) is 11.5 Å². The number of rotatable bonds is 2. The van der Waals surface area contributed by atoms with Gasteiger partial charge in [0, 0.05) is 14.4 Å². The van der Waals surface area contributed by atoms with Crippen LogP contribution in [0.1, 0.15) is 25.0 Å². The molecule has 0 spiro atoms. The molecule has 20 heteroatoms. The van der Waals surface area contributed by atoms with E-state index in [9.17, 15) is 10.2 Å². The minimum Gasteiger partial charge on any atom is -0.508 e. The Kier molecular flexibility index (Phi) is 21.1. The first-order valence-electron chi connectivity index (χ1n) is 9.11. The zero-order valence-electron chi connectivity index (χ0n) is 18.6. The van der Waals surface area contributed by atoms with Crippen molar-refractivity contribution in [3.63, 3.8) is 0 Å². The van der Waals surface area contributed by atoms with E-state index < -0.39 is 9.32 Å². The largest absolute Gasteiger partial charge is 0.508 e. The molecule has 4 nitrogen and oxygen atoms in total. The number of aromatic hydroxyl groups is 2. The number of hydrogen-bond acceptors (Lipinski definition) is 4. The standard InChI is InChI=1S/C15H12Br4O2.2C2Br6O/c1-15(2,7-3-5-8(20)6-4-7)9-10(16)12(18)14(21)13(19)11(9)17;2*3-1(4,5)9-2(6,7)8/h3-6,20-21H,1-2H3;;. The van der Waals surface area contributed by atoms with E-state index in [4.69, 9.17) is 9.47 Å². The molecule has 0 unspecified atom stereocenters. The van der Waals surface area contributed by atoms with Crippen molar-refractivity contribution in [1.29, 1.82) is 0 Å². The van der Waals surface area contributed by atoms with Crippen molar-refractivity contribution in [1.82, 2.24) is 0 Å². The number of benzene rings is 2. The van der Waals surface area contributed by atoms with E-state index in [1.54, 1.807) is 12.1 Å². The molecule has 0 atom stereocenters. The quantitative estimate of drug-likeness (QED) is 0.232. The second-order valence-corrected chi connectivity index (χ2v) is 36.5. The number of halogens is 16. The maximum atomic E-state index is 10.1. The van der Waals surface area contributed by atoms with Crippen LogP contribution in [-0.4, -0.2) is 19.5 Å². The summed E-state index contributed by atoms with van der Waals surface area (Å²) >= 11 is 51.5. The number of phenolic OH excluding ortho intramolecular Hbond substituents is 2. The van der Waals surface area contributed by atoms with Gasteiger partial charge in [-0.3, -0.25) is 0 Å². The van der Waals surface area contributed by atoms with Crippen molar-refractivity contribution in [2.45, 2.75) is 28.6 Å². The summed E-state index contributed by atoms with van der Waals surface area (Å²) in [5.74, 6) is 0.375. The Hall–Kier alpha value is 5.64. The van der Waals surface area contributed by atoms with Crippen molar-refractivity contribution in [3.8, 4) is 11.5 Å². The molecule has 0 aliphatic carbocycles. The van der Waals surface area contributed by atoms with Gasteiger partial charge in [0.15, 0.2) is 0 Å². The van der Waals surface area contributed by atoms with Gasteiger partial charge in [0.05, 0.1) is 8.95 Å². The van der Waals surface area contributed by atoms with Gasteiger partial charge in [-0.2, -0.15) is 0 Å². The first-order chi connectivity index (χ1) is 17.1. The Labute approximate surface area is 361 Å². The van der Waals surface area contributed by atoms with Crippen LogP contribution in [-0.2, 0) is 14.9 Å². The zero-order valence-corrected chi connectivity index (χ0v) is 43.9. The summed E-state index contributed by atoms with van der Waals surface area (Å²) in [4.78, 5) is 0. The normalized spacial score (nSPS) is 12.8. The van der Waals surface area contributed by atoms with Gasteiger partial charge in [-0.15, -0.1) is 0 Å². The molecule has 224 valence electrons. The van der Waals surface area contributed by atoms with Crippen LogP contribution in [0.4, 0.5) is 0 Å². The average Bonchev–Trinajstić information content (AvgIpc) is 2.66. The Morgan fingerprint density at radius 2 is 0.795 bits per heavy atom. The van der Waals surface area contributed by atoms with Crippen LogP contribution >= 0.6 is 255 Å². The van der Waals surface area contributed by atoms with Gasteiger partial charge in [-0.25, -0.2) is 0 Å². The third kappa shape index (κ3) is 18.7. The summed E-state index contributed by atoms with van der Waals surface area (Å²) in [5.41, 5.74) is 1.69. The second kappa shape index (κ2) is 18.4. The lowest BCUT2D eigenvalue weighted by Crippen LogP contribution is -2.20. The lowest BCUT2D eigenvalue weighted by molar-refractivity contribution is 0.180. The van der Waals surface area contributed by atoms with E-state index in [-0.39, 0.29) is 16.9 Å². The minimum atomic E-state index is -0.719. The predicted molar refractivity (Wildman–Crippen MR) is 219 cm³/mol. The maximum Gasteiger partial charge on any atom is 0.236 e. The van der Waals surface area contributed by atoms with Crippen LogP contribution in [0.3, 0.4) is 0 Å². The van der Waals surface area contributed by atoms with Crippen LogP contribution in [0, 0.1) is 0 Å². The summed E-state index contributed by atoms with van der Waals surface area (Å²) in [6.45, 7) is 4.17. The maximum absolute atomic E-state index is 10.1. The van der Waals surface area contributed by atoms with Crippen LogP contribution < -0.4 is 0 Å². The van der Waals surface area contributed by atoms with E-state index in [2.05, 4.69) is 269 Å². The Bertz CT molecular complexity index is 1000. The number of phenols is 2. The Morgan fingerprint density at radius 3 is 1.03 bits per heavy atom. The molecule has 2 N–H and O–H groups in total. The molecule has 2 rings (SSSR count). The van der Waals surface area contributed by atoms with Crippen LogP contribution in [0.5, 0.6) is 11.5 Å². The summed E-state index contributed by atoms with van der Waals surface area (Å²) in [7, 11) is 0. The van der Waals surface area contributed by atoms with Gasteiger partial charge in [0.25, 0.3) is 0 Å². The minimum absolute atomic E-state index is 0.138. The highest BCUT2D eigenvalue weighted by Gasteiger charge is 2.33. The molecule has 0 saturated carbocycles. The van der Waals surface area contributed by atoms with Gasteiger partial charge in [-0.05, 0) is 278 Å². The monoisotopic (exact) mass is 1570 g/mol. The molecule has 2 aromatic carbocycles. The Morgan fingerprint density at radius 1 is 0.513 bits per heavy atom. The number of ether oxygens (including phenoxy) is 2. The fraction of sp³-hybridized carbons (Fsp3) is 0.368. The molecule has 0 aliphatic rings. The Balaban J connectivity index is 0.000000667. The lowest BCUT2D eigenvalue weighted by Gasteiger charge is -2.30. The number of alkyl halides is 12. The molecule has 0 amide bonds. The van der Waals surface area contributed by atoms with E-state index in [0.717, 1.165) is 20.1 Å². The highest BCUT2D eigenvalue weighted by atomic mass is 80.0. The fourth-order valence-corrected chi connectivity index (χ4v) is 12.4. The van der Waals surface area contributed by atoms with Crippen LogP contribution in [0.15, 0.2) is 42.2 Å². The molecule has 0 aromatic heterocycles. The molecule has 2 aromatic rings. The summed E-state index contributed by atoms with van der Waals surface area (Å²) in [6, 6.07) is 7.12. The molecular weight excluding hydrogens is 1570 g/mol. The van der Waals surface area contributed by atoms with Crippen molar-refractivity contribution < 1.29 is 19.7 Å². The molecule has 0 fully saturated rings. The van der Waals surface area contributed by atoms with Gasteiger partial charge >= 0.3 is 0 Å². The molecule has 0 bridgehead atoms. The summed E-state index contributed by atoms with van der Waals surface area (Å²) in [6.07, 6.45) is 0. The van der Waals surface area contributed by atoms with Crippen LogP contribution in [0.2, 0.25) is 0 Å². The molecular formula is C19H12Br16O4. The van der Waals surface area contributed by atoms with E-state index >= 15 is 0 Å². The summed E-state index contributed by atoms with van der Waals surface area (Å²) < 4.78 is 10.1. The molecule has 0 saturated heterocycles. The fourth-order valence-electron chi connectivity index (χ4n) is 2.45. The molecule has 0 heterocycles. The third-order valence-electron chi connectivity index (χ3n) is 3.92. The van der Waals surface area contributed by atoms with E-state index in [1.807, 2.05) is 12.1 Å². The van der Waals surface area contributed by atoms with Crippen molar-refractivity contribution in [2.24, 2.45) is 0 Å². The van der Waals surface area contributed by atoms with Gasteiger partial charge in [-0.1, -0.05) is 26.0 Å². The SMILES string of the molecule is BrC(Br)(Br)OC(Br)(Br)Br.BrC(Br)(Br)OC(Br)(Br)Br.CC(C)(c1ccc(O)cc1)c1c(Br)c(Br)c(O)c(Br)c1Br. The second-order valence-electron chi connectivity index (χ2n) is 7.14. The van der Waals surface area contributed by atoms with Crippen LogP contribution in [0.25, 0.3) is 0 Å². The first kappa shape index (κ1) is 44.6. The lowest BCUT2D eigenvalue weighted by atomic mass is 9.78. The first-order valence-corrected chi connectivity index (χ1v) is 21.8. The summed E-state index contributed by atoms with van der Waals surface area (Å²) in [5, 5.41) is 19.5.